The molecule has 1 fully saturated rings. The van der Waals surface area contributed by atoms with E-state index in [0.29, 0.717) is 0 Å². The third-order valence-corrected chi connectivity index (χ3v) is 5.43. The average molecular weight is 388 g/mol. The molecule has 0 spiro atoms. The molecule has 8 nitrogen and oxygen atoms in total. The fraction of sp³-hybridized carbons (Fsp3) is 0.381. The molecule has 4 aromatic rings. The molecule has 0 aliphatic carbocycles. The lowest BCUT2D eigenvalue weighted by Gasteiger charge is -2.36. The number of rotatable bonds is 2. The van der Waals surface area contributed by atoms with Crippen LogP contribution in [-0.2, 0) is 5.41 Å². The Bertz CT molecular complexity index is 1160. The maximum Gasteiger partial charge on any atom is 0.154 e. The Morgan fingerprint density at radius 2 is 1.66 bits per heavy atom. The van der Waals surface area contributed by atoms with Crippen molar-refractivity contribution in [3.63, 3.8) is 0 Å². The third kappa shape index (κ3) is 3.14. The summed E-state index contributed by atoms with van der Waals surface area (Å²) in [5.41, 5.74) is 3.02. The molecule has 1 saturated heterocycles. The fourth-order valence-electron chi connectivity index (χ4n) is 3.79. The van der Waals surface area contributed by atoms with Gasteiger partial charge in [-0.2, -0.15) is 5.10 Å². The normalized spacial score (nSPS) is 15.4. The lowest BCUT2D eigenvalue weighted by Crippen LogP contribution is -2.47. The van der Waals surface area contributed by atoms with Gasteiger partial charge in [0.25, 0.3) is 0 Å². The minimum absolute atomic E-state index is 0.00488. The van der Waals surface area contributed by atoms with E-state index in [9.17, 15) is 0 Å². The number of anilines is 2. The van der Waals surface area contributed by atoms with Gasteiger partial charge in [0.1, 0.15) is 17.7 Å². The molecule has 1 aliphatic heterocycles. The van der Waals surface area contributed by atoms with Crippen LogP contribution in [-0.4, -0.2) is 55.7 Å². The Balaban J connectivity index is 1.41. The summed E-state index contributed by atoms with van der Waals surface area (Å²) in [6.07, 6.45) is 8.95. The average Bonchev–Trinajstić information content (AvgIpc) is 3.19. The number of pyridine rings is 1. The van der Waals surface area contributed by atoms with Gasteiger partial charge in [0.2, 0.25) is 0 Å². The first-order valence-corrected chi connectivity index (χ1v) is 9.90. The van der Waals surface area contributed by atoms with Crippen molar-refractivity contribution in [3.8, 4) is 0 Å². The number of hydrogen-bond acceptors (Lipinski definition) is 7. The maximum absolute atomic E-state index is 4.75. The second kappa shape index (κ2) is 6.65. The molecule has 0 unspecified atom stereocenters. The summed E-state index contributed by atoms with van der Waals surface area (Å²) in [6.45, 7) is 10.0. The maximum atomic E-state index is 4.75. The third-order valence-electron chi connectivity index (χ3n) is 5.43. The minimum Gasteiger partial charge on any atom is -0.352 e. The summed E-state index contributed by atoms with van der Waals surface area (Å²) in [4.78, 5) is 22.4. The van der Waals surface area contributed by atoms with Gasteiger partial charge in [-0.25, -0.2) is 19.5 Å². The summed E-state index contributed by atoms with van der Waals surface area (Å²) < 4.78 is 1.94. The zero-order chi connectivity index (χ0) is 20.0. The Morgan fingerprint density at radius 1 is 0.897 bits per heavy atom. The van der Waals surface area contributed by atoms with Gasteiger partial charge in [0.05, 0.1) is 17.4 Å². The van der Waals surface area contributed by atoms with Crippen molar-refractivity contribution in [2.45, 2.75) is 26.2 Å². The molecule has 5 heterocycles. The Morgan fingerprint density at radius 3 is 2.41 bits per heavy atom. The molecule has 8 heteroatoms. The topological polar surface area (TPSA) is 75.3 Å². The molecule has 5 rings (SSSR count). The van der Waals surface area contributed by atoms with E-state index in [4.69, 9.17) is 5.10 Å². The molecular weight excluding hydrogens is 364 g/mol. The van der Waals surface area contributed by atoms with Crippen LogP contribution >= 0.6 is 0 Å². The molecule has 29 heavy (non-hydrogen) atoms. The van der Waals surface area contributed by atoms with Crippen LogP contribution in [0.4, 0.5) is 11.6 Å². The fourth-order valence-corrected chi connectivity index (χ4v) is 3.79. The smallest absolute Gasteiger partial charge is 0.154 e. The first kappa shape index (κ1) is 17.8. The molecule has 4 aromatic heterocycles. The lowest BCUT2D eigenvalue weighted by atomic mass is 9.92. The van der Waals surface area contributed by atoms with E-state index >= 15 is 0 Å². The van der Waals surface area contributed by atoms with Gasteiger partial charge in [0.15, 0.2) is 5.82 Å². The Hall–Kier alpha value is -3.29. The van der Waals surface area contributed by atoms with E-state index in [-0.39, 0.29) is 5.41 Å². The summed E-state index contributed by atoms with van der Waals surface area (Å²) in [7, 11) is 0. The lowest BCUT2D eigenvalue weighted by molar-refractivity contribution is 0.562. The van der Waals surface area contributed by atoms with Gasteiger partial charge in [-0.1, -0.05) is 20.8 Å². The molecule has 0 aromatic carbocycles. The number of aromatic nitrogens is 6. The van der Waals surface area contributed by atoms with Gasteiger partial charge < -0.3 is 9.80 Å². The molecular formula is C21H24N8. The van der Waals surface area contributed by atoms with E-state index in [2.05, 4.69) is 56.6 Å². The monoisotopic (exact) mass is 388 g/mol. The van der Waals surface area contributed by atoms with Gasteiger partial charge in [0, 0.05) is 55.6 Å². The Kier molecular flexibility index (Phi) is 4.08. The van der Waals surface area contributed by atoms with E-state index in [1.165, 1.54) is 0 Å². The molecule has 1 aliphatic rings. The second-order valence-corrected chi connectivity index (χ2v) is 8.42. The van der Waals surface area contributed by atoms with Gasteiger partial charge in [-0.05, 0) is 12.1 Å². The number of nitrogens with zero attached hydrogens (tertiary/aromatic N) is 8. The highest BCUT2D eigenvalue weighted by Crippen LogP contribution is 2.28. The van der Waals surface area contributed by atoms with Crippen molar-refractivity contribution in [3.05, 3.63) is 48.9 Å². The highest BCUT2D eigenvalue weighted by atomic mass is 15.3. The SMILES string of the molecule is CC(C)(C)c1cc2c(N3CCN(c4ncnc5cnccc45)CC3)nccn2n1. The first-order chi connectivity index (χ1) is 14.0. The van der Waals surface area contributed by atoms with Gasteiger partial charge in [-0.3, -0.25) is 4.98 Å². The van der Waals surface area contributed by atoms with Crippen LogP contribution in [0, 0.1) is 0 Å². The van der Waals surface area contributed by atoms with Crippen LogP contribution in [0.15, 0.2) is 43.2 Å². The minimum atomic E-state index is 0.00488. The van der Waals surface area contributed by atoms with Crippen molar-refractivity contribution in [2.75, 3.05) is 36.0 Å². The van der Waals surface area contributed by atoms with Crippen molar-refractivity contribution in [1.82, 2.24) is 29.5 Å². The standard InChI is InChI=1S/C21H24N8/c1-21(2,3)18-12-17-20(23-6-7-29(17)26-18)28-10-8-27(9-11-28)19-15-4-5-22-13-16(15)24-14-25-19/h4-7,12-14H,8-11H2,1-3H3. The first-order valence-electron chi connectivity index (χ1n) is 9.90. The van der Waals surface area contributed by atoms with E-state index in [1.54, 1.807) is 18.7 Å². The molecule has 148 valence electrons. The summed E-state index contributed by atoms with van der Waals surface area (Å²) in [5.74, 6) is 1.97. The van der Waals surface area contributed by atoms with Crippen molar-refractivity contribution in [2.24, 2.45) is 0 Å². The van der Waals surface area contributed by atoms with Crippen LogP contribution < -0.4 is 9.80 Å². The predicted molar refractivity (Wildman–Crippen MR) is 113 cm³/mol. The zero-order valence-electron chi connectivity index (χ0n) is 16.9. The molecule has 0 bridgehead atoms. The summed E-state index contributed by atoms with van der Waals surface area (Å²) in [6, 6.07) is 4.15. The second-order valence-electron chi connectivity index (χ2n) is 8.42. The van der Waals surface area contributed by atoms with Crippen LogP contribution in [0.3, 0.4) is 0 Å². The van der Waals surface area contributed by atoms with Crippen molar-refractivity contribution in [1.29, 1.82) is 0 Å². The molecule has 0 amide bonds. The number of hydrogen-bond donors (Lipinski definition) is 0. The molecule has 0 atom stereocenters. The number of piperazine rings is 1. The predicted octanol–water partition coefficient (Wildman–Crippen LogP) is 2.69. The highest BCUT2D eigenvalue weighted by Gasteiger charge is 2.24. The highest BCUT2D eigenvalue weighted by molar-refractivity contribution is 5.88. The van der Waals surface area contributed by atoms with E-state index in [1.807, 2.05) is 23.0 Å². The summed E-state index contributed by atoms with van der Waals surface area (Å²) in [5, 5.41) is 5.80. The molecule has 0 radical (unpaired) electrons. The van der Waals surface area contributed by atoms with Crippen LogP contribution in [0.25, 0.3) is 16.4 Å². The molecule has 0 N–H and O–H groups in total. The van der Waals surface area contributed by atoms with Crippen LogP contribution in [0.5, 0.6) is 0 Å². The summed E-state index contributed by atoms with van der Waals surface area (Å²) >= 11 is 0. The van der Waals surface area contributed by atoms with Crippen LogP contribution in [0.1, 0.15) is 26.5 Å². The largest absolute Gasteiger partial charge is 0.352 e. The van der Waals surface area contributed by atoms with Gasteiger partial charge >= 0.3 is 0 Å². The van der Waals surface area contributed by atoms with Crippen molar-refractivity contribution >= 4 is 28.1 Å². The van der Waals surface area contributed by atoms with E-state index in [0.717, 1.165) is 59.9 Å². The Labute approximate surface area is 169 Å². The van der Waals surface area contributed by atoms with Crippen molar-refractivity contribution < 1.29 is 0 Å². The quantitative estimate of drug-likeness (QED) is 0.523. The van der Waals surface area contributed by atoms with E-state index < -0.39 is 0 Å². The molecule has 0 saturated carbocycles. The zero-order valence-corrected chi connectivity index (χ0v) is 16.9. The van der Waals surface area contributed by atoms with Gasteiger partial charge in [-0.15, -0.1) is 0 Å². The number of fused-ring (bicyclic) bond motifs is 2. The van der Waals surface area contributed by atoms with Crippen LogP contribution in [0.2, 0.25) is 0 Å².